The smallest absolute Gasteiger partial charge is 0.336 e. The molecular formula is C12H17ClN2O3. The Balaban J connectivity index is 0.00000289. The average Bonchev–Trinajstić information content (AvgIpc) is 2.29. The number of amides is 1. The number of carbonyl (C=O) groups excluding carboxylic acids is 1. The van der Waals surface area contributed by atoms with Gasteiger partial charge in [0.2, 0.25) is 5.91 Å². The Kier molecular flexibility index (Phi) is 7.00. The summed E-state index contributed by atoms with van der Waals surface area (Å²) in [6, 6.07) is 6.68. The number of carboxylic acids is 1. The Bertz CT molecular complexity index is 424. The normalized spacial score (nSPS) is 9.44. The van der Waals surface area contributed by atoms with Gasteiger partial charge in [0.25, 0.3) is 0 Å². The average molecular weight is 273 g/mol. The summed E-state index contributed by atoms with van der Waals surface area (Å²) in [6.07, 6.45) is 0. The summed E-state index contributed by atoms with van der Waals surface area (Å²) in [5, 5.41) is 11.8. The standard InChI is InChI=1S/C12H16N2O3.ClH/c1-13-7-11(15)14(2)8-9-5-3-4-6-10(9)12(16)17;/h3-6,13H,7-8H2,1-2H3,(H,16,17);1H. The van der Waals surface area contributed by atoms with Crippen molar-refractivity contribution in [2.45, 2.75) is 6.54 Å². The number of likely N-dealkylation sites (N-methyl/N-ethyl adjacent to an activating group) is 2. The zero-order valence-electron chi connectivity index (χ0n) is 10.3. The molecule has 0 aliphatic rings. The monoisotopic (exact) mass is 272 g/mol. The first kappa shape index (κ1) is 16.4. The van der Waals surface area contributed by atoms with Crippen LogP contribution in [-0.2, 0) is 11.3 Å². The molecule has 0 aromatic heterocycles. The first-order chi connectivity index (χ1) is 8.06. The highest BCUT2D eigenvalue weighted by Gasteiger charge is 2.13. The van der Waals surface area contributed by atoms with Crippen molar-refractivity contribution in [1.82, 2.24) is 10.2 Å². The van der Waals surface area contributed by atoms with E-state index in [1.54, 1.807) is 32.3 Å². The second kappa shape index (κ2) is 7.68. The van der Waals surface area contributed by atoms with E-state index in [4.69, 9.17) is 5.11 Å². The van der Waals surface area contributed by atoms with Gasteiger partial charge < -0.3 is 15.3 Å². The summed E-state index contributed by atoms with van der Waals surface area (Å²) in [7, 11) is 3.34. The second-order valence-corrected chi connectivity index (χ2v) is 3.74. The summed E-state index contributed by atoms with van der Waals surface area (Å²) < 4.78 is 0. The molecule has 100 valence electrons. The highest BCUT2D eigenvalue weighted by molar-refractivity contribution is 5.89. The van der Waals surface area contributed by atoms with E-state index in [9.17, 15) is 9.59 Å². The quantitative estimate of drug-likeness (QED) is 0.839. The first-order valence-electron chi connectivity index (χ1n) is 5.26. The van der Waals surface area contributed by atoms with Gasteiger partial charge in [0.05, 0.1) is 12.1 Å². The molecular weight excluding hydrogens is 256 g/mol. The maximum atomic E-state index is 11.5. The van der Waals surface area contributed by atoms with Crippen molar-refractivity contribution >= 4 is 24.3 Å². The molecule has 0 spiro atoms. The van der Waals surface area contributed by atoms with Crippen LogP contribution in [0.5, 0.6) is 0 Å². The maximum Gasteiger partial charge on any atom is 0.336 e. The van der Waals surface area contributed by atoms with Crippen molar-refractivity contribution in [2.75, 3.05) is 20.6 Å². The van der Waals surface area contributed by atoms with Crippen molar-refractivity contribution in [3.8, 4) is 0 Å². The molecule has 0 radical (unpaired) electrons. The molecule has 1 aromatic carbocycles. The van der Waals surface area contributed by atoms with Crippen LogP contribution < -0.4 is 5.32 Å². The lowest BCUT2D eigenvalue weighted by Crippen LogP contribution is -2.34. The van der Waals surface area contributed by atoms with Crippen LogP contribution in [0.2, 0.25) is 0 Å². The molecule has 0 aliphatic carbocycles. The minimum Gasteiger partial charge on any atom is -0.478 e. The Hall–Kier alpha value is -1.59. The highest BCUT2D eigenvalue weighted by Crippen LogP contribution is 2.11. The lowest BCUT2D eigenvalue weighted by atomic mass is 10.1. The van der Waals surface area contributed by atoms with Crippen molar-refractivity contribution < 1.29 is 14.7 Å². The maximum absolute atomic E-state index is 11.5. The molecule has 1 amide bonds. The summed E-state index contributed by atoms with van der Waals surface area (Å²) in [5.41, 5.74) is 0.864. The Morgan fingerprint density at radius 2 is 1.94 bits per heavy atom. The number of hydrogen-bond acceptors (Lipinski definition) is 3. The highest BCUT2D eigenvalue weighted by atomic mass is 35.5. The summed E-state index contributed by atoms with van der Waals surface area (Å²) >= 11 is 0. The molecule has 2 N–H and O–H groups in total. The van der Waals surface area contributed by atoms with Gasteiger partial charge in [-0.05, 0) is 18.7 Å². The van der Waals surface area contributed by atoms with Crippen LogP contribution in [0.4, 0.5) is 0 Å². The largest absolute Gasteiger partial charge is 0.478 e. The topological polar surface area (TPSA) is 69.6 Å². The van der Waals surface area contributed by atoms with Gasteiger partial charge in [0.1, 0.15) is 0 Å². The van der Waals surface area contributed by atoms with E-state index < -0.39 is 5.97 Å². The lowest BCUT2D eigenvalue weighted by molar-refractivity contribution is -0.129. The number of hydrogen-bond donors (Lipinski definition) is 2. The molecule has 0 atom stereocenters. The van der Waals surface area contributed by atoms with E-state index >= 15 is 0 Å². The fourth-order valence-electron chi connectivity index (χ4n) is 1.50. The minimum absolute atomic E-state index is 0. The molecule has 0 unspecified atom stereocenters. The molecule has 1 rings (SSSR count). The van der Waals surface area contributed by atoms with Crippen LogP contribution in [0.3, 0.4) is 0 Å². The summed E-state index contributed by atoms with van der Waals surface area (Å²) in [4.78, 5) is 24.0. The molecule has 0 heterocycles. The number of carbonyl (C=O) groups is 2. The van der Waals surface area contributed by atoms with Gasteiger partial charge in [-0.25, -0.2) is 4.79 Å². The lowest BCUT2D eigenvalue weighted by Gasteiger charge is -2.18. The van der Waals surface area contributed by atoms with E-state index in [1.165, 1.54) is 11.0 Å². The molecule has 0 fully saturated rings. The Morgan fingerprint density at radius 3 is 2.50 bits per heavy atom. The number of benzene rings is 1. The number of aromatic carboxylic acids is 1. The van der Waals surface area contributed by atoms with Crippen LogP contribution in [0.1, 0.15) is 15.9 Å². The molecule has 0 saturated carbocycles. The van der Waals surface area contributed by atoms with Crippen molar-refractivity contribution in [3.63, 3.8) is 0 Å². The molecule has 18 heavy (non-hydrogen) atoms. The van der Waals surface area contributed by atoms with Gasteiger partial charge in [-0.3, -0.25) is 4.79 Å². The van der Waals surface area contributed by atoms with Crippen LogP contribution in [0, 0.1) is 0 Å². The predicted octanol–water partition coefficient (Wildman–Crippen LogP) is 0.984. The van der Waals surface area contributed by atoms with E-state index in [2.05, 4.69) is 5.32 Å². The number of carboxylic acid groups (broad SMARTS) is 1. The zero-order valence-corrected chi connectivity index (χ0v) is 11.2. The summed E-state index contributed by atoms with van der Waals surface area (Å²) in [5.74, 6) is -1.05. The molecule has 0 saturated heterocycles. The van der Waals surface area contributed by atoms with Crippen LogP contribution >= 0.6 is 12.4 Å². The zero-order chi connectivity index (χ0) is 12.8. The van der Waals surface area contributed by atoms with E-state index in [-0.39, 0.29) is 30.4 Å². The van der Waals surface area contributed by atoms with Crippen LogP contribution in [-0.4, -0.2) is 42.5 Å². The fourth-order valence-corrected chi connectivity index (χ4v) is 1.50. The van der Waals surface area contributed by atoms with Gasteiger partial charge >= 0.3 is 5.97 Å². The number of nitrogens with one attached hydrogen (secondary N) is 1. The second-order valence-electron chi connectivity index (χ2n) is 3.74. The van der Waals surface area contributed by atoms with Gasteiger partial charge in [-0.2, -0.15) is 0 Å². The first-order valence-corrected chi connectivity index (χ1v) is 5.26. The van der Waals surface area contributed by atoms with Crippen molar-refractivity contribution in [2.24, 2.45) is 0 Å². The molecule has 0 aliphatic heterocycles. The van der Waals surface area contributed by atoms with Crippen molar-refractivity contribution in [1.29, 1.82) is 0 Å². The fraction of sp³-hybridized carbons (Fsp3) is 0.333. The van der Waals surface area contributed by atoms with Crippen LogP contribution in [0.25, 0.3) is 0 Å². The van der Waals surface area contributed by atoms with Gasteiger partial charge in [0.15, 0.2) is 0 Å². The third kappa shape index (κ3) is 4.35. The SMILES string of the molecule is CNCC(=O)N(C)Cc1ccccc1C(=O)O.Cl. The van der Waals surface area contributed by atoms with E-state index in [0.29, 0.717) is 12.1 Å². The Morgan fingerprint density at radius 1 is 1.33 bits per heavy atom. The third-order valence-electron chi connectivity index (χ3n) is 2.41. The third-order valence-corrected chi connectivity index (χ3v) is 2.41. The number of halogens is 1. The summed E-state index contributed by atoms with van der Waals surface area (Å²) in [6.45, 7) is 0.536. The number of rotatable bonds is 5. The molecule has 1 aromatic rings. The molecule has 6 heteroatoms. The molecule has 0 bridgehead atoms. The van der Waals surface area contributed by atoms with Gasteiger partial charge in [-0.1, -0.05) is 18.2 Å². The van der Waals surface area contributed by atoms with Crippen molar-refractivity contribution in [3.05, 3.63) is 35.4 Å². The Labute approximate surface area is 112 Å². The predicted molar refractivity (Wildman–Crippen MR) is 71.1 cm³/mol. The minimum atomic E-state index is -0.977. The number of nitrogens with zero attached hydrogens (tertiary/aromatic N) is 1. The van der Waals surface area contributed by atoms with E-state index in [1.807, 2.05) is 0 Å². The van der Waals surface area contributed by atoms with Gasteiger partial charge in [0, 0.05) is 13.6 Å². The van der Waals surface area contributed by atoms with E-state index in [0.717, 1.165) is 0 Å². The van der Waals surface area contributed by atoms with Crippen LogP contribution in [0.15, 0.2) is 24.3 Å². The molecule has 5 nitrogen and oxygen atoms in total. The van der Waals surface area contributed by atoms with Gasteiger partial charge in [-0.15, -0.1) is 12.4 Å².